The summed E-state index contributed by atoms with van der Waals surface area (Å²) in [5, 5.41) is 6.70. The predicted molar refractivity (Wildman–Crippen MR) is 189 cm³/mol. The van der Waals surface area contributed by atoms with E-state index in [1.165, 1.54) is 17.7 Å². The maximum atomic E-state index is 11.4. The number of fused-ring (bicyclic) bond motifs is 12. The summed E-state index contributed by atoms with van der Waals surface area (Å²) in [4.78, 5) is 27.4. The van der Waals surface area contributed by atoms with Gasteiger partial charge in [0.15, 0.2) is 0 Å². The molecule has 0 unspecified atom stereocenters. The number of benzene rings is 4. The molecule has 3 aromatic heterocycles. The molecule has 2 aliphatic rings. The zero-order valence-corrected chi connectivity index (χ0v) is 26.5. The molecule has 7 heteroatoms. The van der Waals surface area contributed by atoms with Crippen molar-refractivity contribution in [1.82, 2.24) is 19.9 Å². The first-order valence-corrected chi connectivity index (χ1v) is 15.1. The van der Waals surface area contributed by atoms with Crippen LogP contribution in [0.2, 0.25) is 0 Å². The first-order valence-electron chi connectivity index (χ1n) is 15.1. The SMILES string of the molecule is C1=Cc2cc3ccc(cc4ccc(cc5nc(cc1n2)C=C5)[nH]4)[nH]3.CC(=O)Oc1cccc2ccc3cc4ccccc4cc3c12.[Mn]. The normalized spacial score (nSPS) is 11.7. The number of hydrogen-bond donors (Lipinski definition) is 2. The van der Waals surface area contributed by atoms with E-state index in [1.807, 2.05) is 72.8 Å². The molecular weight excluding hydrogens is 623 g/mol. The molecule has 9 rings (SSSR count). The smallest absolute Gasteiger partial charge is 0.308 e. The Hall–Kier alpha value is -5.75. The molecule has 227 valence electrons. The van der Waals surface area contributed by atoms with Gasteiger partial charge >= 0.3 is 5.97 Å². The van der Waals surface area contributed by atoms with Crippen molar-refractivity contribution in [3.63, 3.8) is 0 Å². The summed E-state index contributed by atoms with van der Waals surface area (Å²) in [6, 6.07) is 39.0. The Morgan fingerprint density at radius 3 is 1.64 bits per heavy atom. The van der Waals surface area contributed by atoms with Gasteiger partial charge < -0.3 is 14.7 Å². The van der Waals surface area contributed by atoms with Crippen LogP contribution in [0.5, 0.6) is 5.75 Å². The molecule has 4 aromatic carbocycles. The van der Waals surface area contributed by atoms with Gasteiger partial charge in [-0.15, -0.1) is 0 Å². The van der Waals surface area contributed by atoms with Crippen LogP contribution < -0.4 is 4.74 Å². The summed E-state index contributed by atoms with van der Waals surface area (Å²) in [6.45, 7) is 1.43. The van der Waals surface area contributed by atoms with Crippen LogP contribution in [0.15, 0.2) is 115 Å². The molecule has 0 aliphatic carbocycles. The maximum Gasteiger partial charge on any atom is 0.308 e. The van der Waals surface area contributed by atoms with Gasteiger partial charge in [0, 0.05) is 51.4 Å². The van der Waals surface area contributed by atoms with Crippen LogP contribution in [-0.2, 0) is 21.9 Å². The Morgan fingerprint density at radius 1 is 0.532 bits per heavy atom. The largest absolute Gasteiger partial charge is 0.426 e. The van der Waals surface area contributed by atoms with Crippen LogP contribution in [0.25, 0.3) is 78.7 Å². The van der Waals surface area contributed by atoms with Crippen LogP contribution in [0.1, 0.15) is 29.7 Å². The summed E-state index contributed by atoms with van der Waals surface area (Å²) in [5.41, 5.74) is 7.86. The number of rotatable bonds is 1. The fourth-order valence-corrected chi connectivity index (χ4v) is 5.95. The van der Waals surface area contributed by atoms with Gasteiger partial charge in [0.05, 0.1) is 22.8 Å². The topological polar surface area (TPSA) is 83.7 Å². The van der Waals surface area contributed by atoms with Gasteiger partial charge in [0.2, 0.25) is 0 Å². The zero-order chi connectivity index (χ0) is 31.0. The molecule has 2 aliphatic heterocycles. The Morgan fingerprint density at radius 2 is 1.04 bits per heavy atom. The van der Waals surface area contributed by atoms with E-state index < -0.39 is 0 Å². The van der Waals surface area contributed by atoms with Crippen molar-refractivity contribution in [1.29, 1.82) is 0 Å². The average Bonchev–Trinajstić information content (AvgIpc) is 3.87. The molecule has 2 N–H and O–H groups in total. The number of nitrogens with one attached hydrogen (secondary N) is 2. The molecule has 8 bridgehead atoms. The molecular formula is C40H28MnN4O2. The number of nitrogens with zero attached hydrogens (tertiary/aromatic N) is 2. The minimum Gasteiger partial charge on any atom is -0.426 e. The third-order valence-electron chi connectivity index (χ3n) is 7.98. The zero-order valence-electron chi connectivity index (χ0n) is 25.4. The van der Waals surface area contributed by atoms with Gasteiger partial charge in [-0.2, -0.15) is 0 Å². The van der Waals surface area contributed by atoms with E-state index in [9.17, 15) is 4.79 Å². The van der Waals surface area contributed by atoms with E-state index >= 15 is 0 Å². The van der Waals surface area contributed by atoms with Crippen molar-refractivity contribution in [3.8, 4) is 5.75 Å². The van der Waals surface area contributed by atoms with E-state index in [0.29, 0.717) is 5.75 Å². The maximum absolute atomic E-state index is 11.4. The van der Waals surface area contributed by atoms with Crippen LogP contribution in [0, 0.1) is 0 Å². The van der Waals surface area contributed by atoms with Gasteiger partial charge in [0.25, 0.3) is 0 Å². The summed E-state index contributed by atoms with van der Waals surface area (Å²) in [6.07, 6.45) is 8.05. The van der Waals surface area contributed by atoms with Crippen LogP contribution in [-0.4, -0.2) is 25.9 Å². The monoisotopic (exact) mass is 651 g/mol. The van der Waals surface area contributed by atoms with Gasteiger partial charge in [-0.3, -0.25) is 4.79 Å². The molecule has 0 saturated carbocycles. The van der Waals surface area contributed by atoms with E-state index in [2.05, 4.69) is 86.7 Å². The number of H-pyrrole nitrogens is 2. The molecule has 7 aromatic rings. The van der Waals surface area contributed by atoms with E-state index in [-0.39, 0.29) is 23.0 Å². The Bertz CT molecular complexity index is 2470. The number of carbonyl (C=O) groups is 1. The van der Waals surface area contributed by atoms with E-state index in [0.717, 1.165) is 66.4 Å². The van der Waals surface area contributed by atoms with Gasteiger partial charge in [-0.05, 0) is 118 Å². The van der Waals surface area contributed by atoms with Crippen LogP contribution in [0.4, 0.5) is 0 Å². The van der Waals surface area contributed by atoms with Crippen LogP contribution in [0.3, 0.4) is 0 Å². The number of esters is 1. The molecule has 5 heterocycles. The van der Waals surface area contributed by atoms with Crippen molar-refractivity contribution in [2.75, 3.05) is 0 Å². The van der Waals surface area contributed by atoms with Gasteiger partial charge in [-0.1, -0.05) is 48.5 Å². The number of aromatic nitrogens is 4. The minimum atomic E-state index is -0.301. The van der Waals surface area contributed by atoms with E-state index in [1.54, 1.807) is 0 Å². The van der Waals surface area contributed by atoms with Gasteiger partial charge in [0.1, 0.15) is 5.75 Å². The first kappa shape index (κ1) is 29.9. The predicted octanol–water partition coefficient (Wildman–Crippen LogP) is 9.72. The molecule has 0 spiro atoms. The fourth-order valence-electron chi connectivity index (χ4n) is 5.95. The molecule has 0 saturated heterocycles. The van der Waals surface area contributed by atoms with Crippen molar-refractivity contribution in [2.24, 2.45) is 0 Å². The standard InChI is InChI=1S/C20H14N4.C20H14O2.Mn/c1-2-14-10-16-5-6-18(23-16)12-20-8-7-19(24-20)11-17-4-3-15(22-17)9-13(1)21-14;1-13(21)22-19-8-4-7-14-9-10-17-11-15-5-2-3-6-16(15)12-18(17)20(14)19;/h1-12,21-22H;2-12H,1H3;. The summed E-state index contributed by atoms with van der Waals surface area (Å²) >= 11 is 0. The third-order valence-corrected chi connectivity index (χ3v) is 7.98. The summed E-state index contributed by atoms with van der Waals surface area (Å²) in [7, 11) is 0. The van der Waals surface area contributed by atoms with Crippen LogP contribution >= 0.6 is 0 Å². The van der Waals surface area contributed by atoms with Crippen molar-refractivity contribution in [3.05, 3.63) is 138 Å². The second-order valence-electron chi connectivity index (χ2n) is 11.3. The first-order chi connectivity index (χ1) is 22.5. The fraction of sp³-hybridized carbons (Fsp3) is 0.0250. The number of carbonyl (C=O) groups excluding carboxylic acids is 1. The average molecular weight is 652 g/mol. The van der Waals surface area contributed by atoms with Gasteiger partial charge in [-0.25, -0.2) is 9.97 Å². The Labute approximate surface area is 281 Å². The third kappa shape index (κ3) is 6.36. The molecule has 47 heavy (non-hydrogen) atoms. The van der Waals surface area contributed by atoms with E-state index in [4.69, 9.17) is 4.74 Å². The molecule has 0 atom stereocenters. The quantitative estimate of drug-likeness (QED) is 0.0609. The summed E-state index contributed by atoms with van der Waals surface area (Å²) < 4.78 is 5.41. The summed E-state index contributed by atoms with van der Waals surface area (Å²) in [5.74, 6) is 0.316. The second kappa shape index (κ2) is 12.6. The number of ether oxygens (including phenoxy) is 1. The van der Waals surface area contributed by atoms with Crippen molar-refractivity contribution in [2.45, 2.75) is 6.92 Å². The minimum absolute atomic E-state index is 0. The molecule has 6 nitrogen and oxygen atoms in total. The molecule has 0 amide bonds. The Kier molecular flexibility index (Phi) is 8.00. The second-order valence-corrected chi connectivity index (χ2v) is 11.3. The van der Waals surface area contributed by atoms with Crippen molar-refractivity contribution >= 4 is 84.7 Å². The molecule has 1 radical (unpaired) electrons. The number of hydrogen-bond acceptors (Lipinski definition) is 4. The number of aromatic amines is 2. The van der Waals surface area contributed by atoms with Crippen molar-refractivity contribution < 1.29 is 26.6 Å². The molecule has 0 fully saturated rings. The Balaban J connectivity index is 0.000000147.